The average molecular weight is 167 g/mol. The monoisotopic (exact) mass is 167 g/mol. The maximum absolute atomic E-state index is 8.00. The van der Waals surface area contributed by atoms with E-state index < -0.39 is 0 Å². The number of anilines is 1. The van der Waals surface area contributed by atoms with Gasteiger partial charge in [0.1, 0.15) is 12.5 Å². The van der Waals surface area contributed by atoms with Crippen LogP contribution in [0.1, 0.15) is 0 Å². The summed E-state index contributed by atoms with van der Waals surface area (Å²) in [7, 11) is 3.55. The van der Waals surface area contributed by atoms with Gasteiger partial charge in [-0.1, -0.05) is 6.07 Å². The SMILES string of the molecule is C=O.CNc1cccc(OC)c1. The number of methoxy groups -OCH3 is 1. The molecule has 1 aromatic rings. The lowest BCUT2D eigenvalue weighted by Gasteiger charge is -2.01. The molecule has 0 aliphatic rings. The molecule has 3 heteroatoms. The van der Waals surface area contributed by atoms with Gasteiger partial charge >= 0.3 is 0 Å². The second kappa shape index (κ2) is 6.22. The van der Waals surface area contributed by atoms with Crippen molar-refractivity contribution in [3.63, 3.8) is 0 Å². The van der Waals surface area contributed by atoms with Crippen molar-refractivity contribution < 1.29 is 9.53 Å². The molecular formula is C9H13NO2. The van der Waals surface area contributed by atoms with Crippen LogP contribution in [0.4, 0.5) is 5.69 Å². The van der Waals surface area contributed by atoms with E-state index in [-0.39, 0.29) is 0 Å². The first-order valence-corrected chi connectivity index (χ1v) is 3.47. The summed E-state index contributed by atoms with van der Waals surface area (Å²) in [5, 5.41) is 3.02. The van der Waals surface area contributed by atoms with Crippen molar-refractivity contribution in [3.8, 4) is 5.75 Å². The molecule has 0 aliphatic carbocycles. The van der Waals surface area contributed by atoms with Crippen LogP contribution in [0.15, 0.2) is 24.3 Å². The number of rotatable bonds is 2. The molecule has 0 saturated carbocycles. The van der Waals surface area contributed by atoms with Gasteiger partial charge in [-0.15, -0.1) is 0 Å². The maximum atomic E-state index is 8.00. The fourth-order valence-corrected chi connectivity index (χ4v) is 0.779. The first-order chi connectivity index (χ1) is 5.86. The lowest BCUT2D eigenvalue weighted by Crippen LogP contribution is -1.88. The standard InChI is InChI=1S/C8H11NO.CH2O/c1-9-7-4-3-5-8(6-7)10-2;1-2/h3-6,9H,1-2H3;1H2. The number of carbonyl (C=O) groups excluding carboxylic acids is 1. The second-order valence-corrected chi connectivity index (χ2v) is 1.98. The number of carbonyl (C=O) groups is 1. The van der Waals surface area contributed by atoms with Crippen molar-refractivity contribution in [2.45, 2.75) is 0 Å². The molecule has 0 bridgehead atoms. The predicted molar refractivity (Wildman–Crippen MR) is 49.7 cm³/mol. The topological polar surface area (TPSA) is 38.3 Å². The van der Waals surface area contributed by atoms with Crippen molar-refractivity contribution in [1.82, 2.24) is 0 Å². The van der Waals surface area contributed by atoms with Crippen LogP contribution in [0.3, 0.4) is 0 Å². The Morgan fingerprint density at radius 2 is 2.08 bits per heavy atom. The first-order valence-electron chi connectivity index (χ1n) is 3.47. The molecule has 0 unspecified atom stereocenters. The molecular weight excluding hydrogens is 154 g/mol. The molecule has 0 fully saturated rings. The molecule has 1 rings (SSSR count). The van der Waals surface area contributed by atoms with Gasteiger partial charge in [0.2, 0.25) is 0 Å². The molecule has 0 atom stereocenters. The van der Waals surface area contributed by atoms with E-state index in [0.29, 0.717) is 0 Å². The third-order valence-electron chi connectivity index (χ3n) is 1.36. The summed E-state index contributed by atoms with van der Waals surface area (Å²) in [5.41, 5.74) is 1.07. The van der Waals surface area contributed by atoms with Gasteiger partial charge in [-0.2, -0.15) is 0 Å². The van der Waals surface area contributed by atoms with Crippen molar-refractivity contribution in [1.29, 1.82) is 0 Å². The van der Waals surface area contributed by atoms with Crippen molar-refractivity contribution in [2.75, 3.05) is 19.5 Å². The Hall–Kier alpha value is -1.51. The second-order valence-electron chi connectivity index (χ2n) is 1.98. The molecule has 1 aromatic carbocycles. The number of ether oxygens (including phenoxy) is 1. The summed E-state index contributed by atoms with van der Waals surface area (Å²) in [6.07, 6.45) is 0. The van der Waals surface area contributed by atoms with Crippen LogP contribution in [0, 0.1) is 0 Å². The highest BCUT2D eigenvalue weighted by molar-refractivity contribution is 5.47. The summed E-state index contributed by atoms with van der Waals surface area (Å²) in [5.74, 6) is 0.881. The van der Waals surface area contributed by atoms with Crippen LogP contribution in [0.2, 0.25) is 0 Å². The zero-order valence-electron chi connectivity index (χ0n) is 7.33. The van der Waals surface area contributed by atoms with E-state index in [2.05, 4.69) is 5.32 Å². The first kappa shape index (κ1) is 10.5. The van der Waals surface area contributed by atoms with Crippen LogP contribution < -0.4 is 10.1 Å². The number of nitrogens with one attached hydrogen (secondary N) is 1. The molecule has 0 aromatic heterocycles. The summed E-state index contributed by atoms with van der Waals surface area (Å²) in [4.78, 5) is 8.00. The van der Waals surface area contributed by atoms with Crippen LogP contribution in [0.5, 0.6) is 5.75 Å². The van der Waals surface area contributed by atoms with Gasteiger partial charge in [0, 0.05) is 18.8 Å². The van der Waals surface area contributed by atoms with Crippen molar-refractivity contribution in [2.24, 2.45) is 0 Å². The Kier molecular flexibility index (Phi) is 5.43. The van der Waals surface area contributed by atoms with E-state index in [1.165, 1.54) is 0 Å². The molecule has 12 heavy (non-hydrogen) atoms. The van der Waals surface area contributed by atoms with Gasteiger partial charge < -0.3 is 14.8 Å². The molecule has 0 spiro atoms. The third kappa shape index (κ3) is 3.05. The van der Waals surface area contributed by atoms with Gasteiger partial charge in [-0.05, 0) is 12.1 Å². The Labute approximate surface area is 72.4 Å². The highest BCUT2D eigenvalue weighted by Gasteiger charge is 1.89. The Bertz CT molecular complexity index is 206. The zero-order chi connectivity index (χ0) is 9.40. The fraction of sp³-hybridized carbons (Fsp3) is 0.222. The molecule has 0 aliphatic heterocycles. The van der Waals surface area contributed by atoms with E-state index in [4.69, 9.17) is 9.53 Å². The maximum Gasteiger partial charge on any atom is 0.120 e. The molecule has 66 valence electrons. The summed E-state index contributed by atoms with van der Waals surface area (Å²) in [6.45, 7) is 2.00. The van der Waals surface area contributed by atoms with E-state index in [1.54, 1.807) is 7.11 Å². The lowest BCUT2D eigenvalue weighted by atomic mass is 10.3. The largest absolute Gasteiger partial charge is 0.497 e. The molecule has 0 radical (unpaired) electrons. The van der Waals surface area contributed by atoms with Crippen LogP contribution >= 0.6 is 0 Å². The summed E-state index contributed by atoms with van der Waals surface area (Å²) < 4.78 is 5.02. The zero-order valence-corrected chi connectivity index (χ0v) is 7.33. The Morgan fingerprint density at radius 3 is 2.58 bits per heavy atom. The van der Waals surface area contributed by atoms with E-state index in [1.807, 2.05) is 38.1 Å². The van der Waals surface area contributed by atoms with Gasteiger partial charge in [-0.3, -0.25) is 0 Å². The fourth-order valence-electron chi connectivity index (χ4n) is 0.779. The number of hydrogen-bond acceptors (Lipinski definition) is 3. The molecule has 0 heterocycles. The van der Waals surface area contributed by atoms with Gasteiger partial charge in [0.15, 0.2) is 0 Å². The minimum absolute atomic E-state index is 0.881. The van der Waals surface area contributed by atoms with E-state index in [0.717, 1.165) is 11.4 Å². The van der Waals surface area contributed by atoms with Crippen molar-refractivity contribution in [3.05, 3.63) is 24.3 Å². The highest BCUT2D eigenvalue weighted by atomic mass is 16.5. The van der Waals surface area contributed by atoms with Gasteiger partial charge in [0.25, 0.3) is 0 Å². The van der Waals surface area contributed by atoms with Crippen LogP contribution in [-0.2, 0) is 4.79 Å². The Morgan fingerprint density at radius 1 is 1.42 bits per heavy atom. The van der Waals surface area contributed by atoms with Crippen LogP contribution in [-0.4, -0.2) is 20.9 Å². The molecule has 0 amide bonds. The molecule has 3 nitrogen and oxygen atoms in total. The molecule has 1 N–H and O–H groups in total. The smallest absolute Gasteiger partial charge is 0.120 e. The number of hydrogen-bond donors (Lipinski definition) is 1. The average Bonchev–Trinajstić information content (AvgIpc) is 2.21. The van der Waals surface area contributed by atoms with Crippen LogP contribution in [0.25, 0.3) is 0 Å². The normalized spacial score (nSPS) is 7.83. The van der Waals surface area contributed by atoms with Gasteiger partial charge in [-0.25, -0.2) is 0 Å². The minimum atomic E-state index is 0.881. The Balaban J connectivity index is 0.000000561. The number of benzene rings is 1. The molecule has 0 saturated heterocycles. The van der Waals surface area contributed by atoms with Gasteiger partial charge in [0.05, 0.1) is 7.11 Å². The summed E-state index contributed by atoms with van der Waals surface area (Å²) >= 11 is 0. The van der Waals surface area contributed by atoms with E-state index in [9.17, 15) is 0 Å². The highest BCUT2D eigenvalue weighted by Crippen LogP contribution is 2.15. The lowest BCUT2D eigenvalue weighted by molar-refractivity contribution is -0.0979. The van der Waals surface area contributed by atoms with Crippen molar-refractivity contribution >= 4 is 12.5 Å². The van der Waals surface area contributed by atoms with E-state index >= 15 is 0 Å². The minimum Gasteiger partial charge on any atom is -0.497 e. The summed E-state index contributed by atoms with van der Waals surface area (Å²) in [6, 6.07) is 7.80. The predicted octanol–water partition coefficient (Wildman–Crippen LogP) is 1.55. The quantitative estimate of drug-likeness (QED) is 0.726. The third-order valence-corrected chi connectivity index (χ3v) is 1.36.